The number of benzene rings is 3. The van der Waals surface area contributed by atoms with Crippen molar-refractivity contribution >= 4 is 34.4 Å². The van der Waals surface area contributed by atoms with Crippen LogP contribution in [-0.2, 0) is 32.7 Å². The quantitative estimate of drug-likeness (QED) is 0.193. The number of aromatic hydroxyl groups is 1. The maximum atomic E-state index is 15.0. The number of thioether (sulfide) groups is 1. The van der Waals surface area contributed by atoms with E-state index in [2.05, 4.69) is 31.8 Å². The number of aromatic amines is 1. The Hall–Kier alpha value is -4.31. The number of likely N-dealkylation sites (N-methyl/N-ethyl adjacent to an activating group) is 2. The van der Waals surface area contributed by atoms with Crippen molar-refractivity contribution in [2.45, 2.75) is 74.8 Å². The largest absolute Gasteiger partial charge is 0.504 e. The molecule has 294 valence electrons. The molecule has 7 aliphatic heterocycles. The summed E-state index contributed by atoms with van der Waals surface area (Å²) >= 11 is 1.60. The van der Waals surface area contributed by atoms with Gasteiger partial charge in [0, 0.05) is 64.1 Å². The number of rotatable bonds is 2. The number of aliphatic hydroxyl groups is 1. The molecule has 14 heteroatoms. The molecule has 0 radical (unpaired) electrons. The zero-order valence-corrected chi connectivity index (χ0v) is 33.1. The van der Waals surface area contributed by atoms with Gasteiger partial charge < -0.3 is 38.9 Å². The number of phenolic OH excluding ortho intramolecular Hbond substituents is 1. The van der Waals surface area contributed by atoms with Gasteiger partial charge in [-0.3, -0.25) is 24.3 Å². The van der Waals surface area contributed by atoms with Crippen LogP contribution in [0, 0.1) is 13.8 Å². The summed E-state index contributed by atoms with van der Waals surface area (Å²) in [6.45, 7) is 5.67. The van der Waals surface area contributed by atoms with Crippen LogP contribution in [0.2, 0.25) is 0 Å². The Labute approximate surface area is 328 Å². The average Bonchev–Trinajstić information content (AvgIpc) is 3.80. The van der Waals surface area contributed by atoms with Gasteiger partial charge >= 0.3 is 5.97 Å². The van der Waals surface area contributed by atoms with Gasteiger partial charge in [0.25, 0.3) is 0 Å². The van der Waals surface area contributed by atoms with E-state index >= 15 is 4.79 Å². The molecule has 3 aromatic carbocycles. The van der Waals surface area contributed by atoms with Gasteiger partial charge in [-0.1, -0.05) is 24.3 Å². The Morgan fingerprint density at radius 3 is 2.66 bits per heavy atom. The van der Waals surface area contributed by atoms with Gasteiger partial charge in [-0.2, -0.15) is 0 Å². The molecule has 1 aromatic heterocycles. The van der Waals surface area contributed by atoms with Crippen LogP contribution in [0.1, 0.15) is 68.9 Å². The van der Waals surface area contributed by atoms with E-state index in [9.17, 15) is 15.0 Å². The predicted octanol–water partition coefficient (Wildman–Crippen LogP) is 4.57. The Morgan fingerprint density at radius 2 is 1.88 bits per heavy atom. The van der Waals surface area contributed by atoms with Crippen molar-refractivity contribution in [3.8, 4) is 28.7 Å². The van der Waals surface area contributed by atoms with Gasteiger partial charge in [-0.15, -0.1) is 11.8 Å². The fourth-order valence-corrected chi connectivity index (χ4v) is 12.8. The predicted molar refractivity (Wildman–Crippen MR) is 208 cm³/mol. The first kappa shape index (κ1) is 36.1. The number of carbonyl (C=O) groups excluding carboxylic acids is 2. The van der Waals surface area contributed by atoms with Crippen molar-refractivity contribution in [2.24, 2.45) is 0 Å². The molecule has 7 atom stereocenters. The number of nitrogens with one attached hydrogen (secondary N) is 1. The number of aliphatic hydroxyl groups excluding tert-OH is 1. The third-order valence-electron chi connectivity index (χ3n) is 13.4. The van der Waals surface area contributed by atoms with Crippen molar-refractivity contribution < 1.29 is 43.5 Å². The summed E-state index contributed by atoms with van der Waals surface area (Å²) in [7, 11) is 5.56. The van der Waals surface area contributed by atoms with Crippen molar-refractivity contribution in [3.05, 3.63) is 75.0 Å². The number of aryl methyl sites for hydroxylation is 1. The number of para-hydroxylation sites is 1. The summed E-state index contributed by atoms with van der Waals surface area (Å²) in [6, 6.07) is 8.28. The van der Waals surface area contributed by atoms with Gasteiger partial charge in [-0.05, 0) is 63.5 Å². The molecule has 7 aliphatic rings. The third-order valence-corrected chi connectivity index (χ3v) is 14.9. The molecule has 4 bridgehead atoms. The number of hydrogen-bond acceptors (Lipinski definition) is 13. The minimum atomic E-state index is -1.10. The smallest absolute Gasteiger partial charge is 0.308 e. The number of esters is 1. The summed E-state index contributed by atoms with van der Waals surface area (Å²) in [4.78, 5) is 38.2. The van der Waals surface area contributed by atoms with Crippen LogP contribution in [0.25, 0.3) is 10.9 Å². The lowest BCUT2D eigenvalue weighted by Crippen LogP contribution is -2.69. The normalized spacial score (nSPS) is 29.7. The Bertz CT molecular complexity index is 2350. The van der Waals surface area contributed by atoms with Crippen molar-refractivity contribution in [3.63, 3.8) is 0 Å². The highest BCUT2D eigenvalue weighted by atomic mass is 32.2. The van der Waals surface area contributed by atoms with E-state index in [0.29, 0.717) is 52.8 Å². The van der Waals surface area contributed by atoms with Crippen LogP contribution < -0.4 is 18.9 Å². The SMILES string of the molecule is COc1c(C)cc2c(c1O)[C@H]1C3[C@@H]4SC[C@]5(C(=O)COC[C@@H](c6c7c(c(C)c(OC(C)=O)c64)OCO7)N3[C@@H](O)[C@@H](C2)N1C)c1[nH]c2ccccc2c1CCN5C. The lowest BCUT2D eigenvalue weighted by Gasteiger charge is -2.62. The van der Waals surface area contributed by atoms with Crippen molar-refractivity contribution in [1.82, 2.24) is 19.7 Å². The fraction of sp³-hybridized carbons (Fsp3) is 0.476. The number of ether oxygens (including phenoxy) is 5. The number of aromatic nitrogens is 1. The molecule has 3 N–H and O–H groups in total. The van der Waals surface area contributed by atoms with Crippen LogP contribution in [0.15, 0.2) is 30.3 Å². The van der Waals surface area contributed by atoms with Crippen LogP contribution in [0.5, 0.6) is 28.7 Å². The van der Waals surface area contributed by atoms with E-state index < -0.39 is 41.1 Å². The molecule has 2 fully saturated rings. The first-order valence-electron chi connectivity index (χ1n) is 19.2. The Morgan fingerprint density at radius 1 is 1.09 bits per heavy atom. The number of methoxy groups -OCH3 is 1. The van der Waals surface area contributed by atoms with E-state index in [4.69, 9.17) is 23.7 Å². The van der Waals surface area contributed by atoms with Crippen LogP contribution in [-0.4, -0.2) is 113 Å². The number of hydrogen-bond donors (Lipinski definition) is 3. The number of nitrogens with zero attached hydrogens (tertiary/aromatic N) is 3. The second-order valence-corrected chi connectivity index (χ2v) is 17.2. The highest BCUT2D eigenvalue weighted by Crippen LogP contribution is 2.64. The van der Waals surface area contributed by atoms with Crippen molar-refractivity contribution in [2.75, 3.05) is 53.5 Å². The number of phenols is 1. The standard InChI is InChI=1S/C42H46N4O9S/c1-19-13-22-14-26-41(50)46-27-15-52-16-28(48)42(40-24(11-12-44(42)4)23-9-7-8-10-25(23)43-40)17-56-39(33(46)32(45(26)5)29(22)34(49)35(19)51-6)31-30(27)38-37(53-18-54-38)20(2)36(31)55-21(3)47/h7-10,13,26-27,32-33,39,41,43,49-50H,11-12,14-18H2,1-6H3/t26-,27+,32+,33?,39-,41+,42+/m1/s1. The van der Waals surface area contributed by atoms with Crippen LogP contribution in [0.3, 0.4) is 0 Å². The van der Waals surface area contributed by atoms with Crippen LogP contribution in [0.4, 0.5) is 0 Å². The van der Waals surface area contributed by atoms with Gasteiger partial charge in [0.05, 0.1) is 37.1 Å². The molecule has 4 aromatic rings. The summed E-state index contributed by atoms with van der Waals surface area (Å²) in [5.41, 5.74) is 6.44. The van der Waals surface area contributed by atoms with E-state index in [0.717, 1.165) is 50.8 Å². The van der Waals surface area contributed by atoms with E-state index in [1.165, 1.54) is 6.92 Å². The lowest BCUT2D eigenvalue weighted by atomic mass is 9.73. The molecule has 0 saturated carbocycles. The maximum Gasteiger partial charge on any atom is 0.308 e. The molecule has 1 spiro atoms. The number of carbonyl (C=O) groups is 2. The van der Waals surface area contributed by atoms with Gasteiger partial charge in [0.1, 0.15) is 24.1 Å². The Balaban J connectivity index is 1.26. The zero-order chi connectivity index (χ0) is 38.9. The van der Waals surface area contributed by atoms with E-state index in [-0.39, 0.29) is 37.6 Å². The highest BCUT2D eigenvalue weighted by Gasteiger charge is 2.61. The first-order chi connectivity index (χ1) is 27.0. The fourth-order valence-electron chi connectivity index (χ4n) is 10.9. The lowest BCUT2D eigenvalue weighted by molar-refractivity contribution is -0.181. The Kier molecular flexibility index (Phi) is 8.27. The van der Waals surface area contributed by atoms with Gasteiger partial charge in [0.2, 0.25) is 6.79 Å². The minimum absolute atomic E-state index is 0.0204. The highest BCUT2D eigenvalue weighted by molar-refractivity contribution is 7.99. The number of H-pyrrole nitrogens is 1. The molecule has 2 saturated heterocycles. The number of ketones is 1. The van der Waals surface area contributed by atoms with Crippen molar-refractivity contribution in [1.29, 1.82) is 0 Å². The van der Waals surface area contributed by atoms with Gasteiger partial charge in [0.15, 0.2) is 28.8 Å². The first-order valence-corrected chi connectivity index (χ1v) is 20.3. The number of fused-ring (bicyclic) bond motifs is 12. The van der Waals surface area contributed by atoms with Gasteiger partial charge in [-0.25, -0.2) is 0 Å². The average molecular weight is 783 g/mol. The molecular weight excluding hydrogens is 737 g/mol. The molecule has 0 aliphatic carbocycles. The molecular formula is C42H46N4O9S. The topological polar surface area (TPSA) is 146 Å². The zero-order valence-electron chi connectivity index (χ0n) is 32.3. The summed E-state index contributed by atoms with van der Waals surface area (Å²) in [6.07, 6.45) is 0.282. The summed E-state index contributed by atoms with van der Waals surface area (Å²) < 4.78 is 30.9. The van der Waals surface area contributed by atoms with E-state index in [1.54, 1.807) is 18.9 Å². The molecule has 1 unspecified atom stereocenters. The molecule has 56 heavy (non-hydrogen) atoms. The molecule has 13 nitrogen and oxygen atoms in total. The molecule has 8 heterocycles. The molecule has 11 rings (SSSR count). The molecule has 0 amide bonds. The van der Waals surface area contributed by atoms with Crippen LogP contribution >= 0.6 is 11.8 Å². The second kappa shape index (κ2) is 12.9. The van der Waals surface area contributed by atoms with E-state index in [1.807, 2.05) is 46.1 Å². The number of Topliss-reactive ketones (excluding diaryl/α,β-unsaturated/α-hetero) is 1. The second-order valence-electron chi connectivity index (χ2n) is 16.1. The maximum absolute atomic E-state index is 15.0. The monoisotopic (exact) mass is 782 g/mol. The number of piperazine rings is 1. The third kappa shape index (κ3) is 4.74. The summed E-state index contributed by atoms with van der Waals surface area (Å²) in [5.74, 6) is 1.62. The summed E-state index contributed by atoms with van der Waals surface area (Å²) in [5, 5.41) is 25.4. The minimum Gasteiger partial charge on any atom is -0.504 e.